The third-order valence-corrected chi connectivity index (χ3v) is 3.21. The summed E-state index contributed by atoms with van der Waals surface area (Å²) in [6, 6.07) is 7.43. The monoisotopic (exact) mass is 221 g/mol. The Balaban J connectivity index is 1.90. The molecule has 1 aromatic carbocycles. The van der Waals surface area contributed by atoms with Gasteiger partial charge in [0.25, 0.3) is 0 Å². The highest BCUT2D eigenvalue weighted by Crippen LogP contribution is 2.19. The molecule has 0 aliphatic carbocycles. The molecule has 2 atom stereocenters. The van der Waals surface area contributed by atoms with Crippen LogP contribution in [-0.2, 0) is 11.2 Å². The molecule has 0 aromatic heterocycles. The lowest BCUT2D eigenvalue weighted by Crippen LogP contribution is -2.37. The molecule has 1 fully saturated rings. The van der Waals surface area contributed by atoms with E-state index in [-0.39, 0.29) is 6.04 Å². The molecule has 1 aliphatic heterocycles. The van der Waals surface area contributed by atoms with Crippen LogP contribution in [0.25, 0.3) is 0 Å². The van der Waals surface area contributed by atoms with E-state index in [0.717, 1.165) is 26.1 Å². The van der Waals surface area contributed by atoms with Gasteiger partial charge in [0.1, 0.15) is 5.75 Å². The highest BCUT2D eigenvalue weighted by molar-refractivity contribution is 5.26. The molecular formula is C13H19NO2. The molecule has 1 aromatic rings. The van der Waals surface area contributed by atoms with Crippen molar-refractivity contribution in [1.29, 1.82) is 0 Å². The molecular weight excluding hydrogens is 202 g/mol. The van der Waals surface area contributed by atoms with Crippen LogP contribution < -0.4 is 5.73 Å². The maximum absolute atomic E-state index is 9.19. The quantitative estimate of drug-likeness (QED) is 0.816. The van der Waals surface area contributed by atoms with Crippen molar-refractivity contribution in [2.24, 2.45) is 11.7 Å². The smallest absolute Gasteiger partial charge is 0.115 e. The average Bonchev–Trinajstić information content (AvgIpc) is 2.33. The summed E-state index contributed by atoms with van der Waals surface area (Å²) in [5, 5.41) is 9.19. The minimum Gasteiger partial charge on any atom is -0.508 e. The largest absolute Gasteiger partial charge is 0.508 e. The van der Waals surface area contributed by atoms with Crippen LogP contribution in [0.2, 0.25) is 0 Å². The number of rotatable bonds is 3. The van der Waals surface area contributed by atoms with Crippen LogP contribution >= 0.6 is 0 Å². The van der Waals surface area contributed by atoms with Gasteiger partial charge in [-0.05, 0) is 42.9 Å². The van der Waals surface area contributed by atoms with Gasteiger partial charge >= 0.3 is 0 Å². The molecule has 3 nitrogen and oxygen atoms in total. The van der Waals surface area contributed by atoms with E-state index < -0.39 is 0 Å². The topological polar surface area (TPSA) is 55.5 Å². The SMILES string of the molecule is NC(Cc1ccc(O)cc1)C1CCCOC1. The normalized spacial score (nSPS) is 22.9. The van der Waals surface area contributed by atoms with Crippen LogP contribution in [0, 0.1) is 5.92 Å². The second kappa shape index (κ2) is 5.32. The van der Waals surface area contributed by atoms with E-state index in [1.165, 1.54) is 12.0 Å². The maximum atomic E-state index is 9.19. The van der Waals surface area contributed by atoms with E-state index in [1.807, 2.05) is 12.1 Å². The standard InChI is InChI=1S/C13H19NO2/c14-13(11-2-1-7-16-9-11)8-10-3-5-12(15)6-4-10/h3-6,11,13,15H,1-2,7-9,14H2. The summed E-state index contributed by atoms with van der Waals surface area (Å²) in [4.78, 5) is 0. The van der Waals surface area contributed by atoms with E-state index >= 15 is 0 Å². The summed E-state index contributed by atoms with van der Waals surface area (Å²) < 4.78 is 5.44. The van der Waals surface area contributed by atoms with Gasteiger partial charge in [0.15, 0.2) is 0 Å². The van der Waals surface area contributed by atoms with Gasteiger partial charge < -0.3 is 15.6 Å². The Morgan fingerprint density at radius 1 is 1.38 bits per heavy atom. The molecule has 1 heterocycles. The summed E-state index contributed by atoms with van der Waals surface area (Å²) in [6.07, 6.45) is 3.14. The number of hydrogen-bond acceptors (Lipinski definition) is 3. The van der Waals surface area contributed by atoms with Crippen molar-refractivity contribution in [3.8, 4) is 5.75 Å². The maximum Gasteiger partial charge on any atom is 0.115 e. The molecule has 88 valence electrons. The number of nitrogens with two attached hydrogens (primary N) is 1. The van der Waals surface area contributed by atoms with Crippen LogP contribution in [0.4, 0.5) is 0 Å². The fraction of sp³-hybridized carbons (Fsp3) is 0.538. The molecule has 2 unspecified atom stereocenters. The number of phenols is 1. The summed E-state index contributed by atoms with van der Waals surface area (Å²) in [5.41, 5.74) is 7.35. The predicted octanol–water partition coefficient (Wildman–Crippen LogP) is 1.69. The van der Waals surface area contributed by atoms with E-state index in [9.17, 15) is 5.11 Å². The lowest BCUT2D eigenvalue weighted by atomic mass is 9.90. The van der Waals surface area contributed by atoms with Gasteiger partial charge in [-0.3, -0.25) is 0 Å². The van der Waals surface area contributed by atoms with Crippen LogP contribution in [0.1, 0.15) is 18.4 Å². The molecule has 0 radical (unpaired) electrons. The van der Waals surface area contributed by atoms with Crippen molar-refractivity contribution < 1.29 is 9.84 Å². The van der Waals surface area contributed by atoms with Crippen molar-refractivity contribution >= 4 is 0 Å². The van der Waals surface area contributed by atoms with E-state index in [0.29, 0.717) is 11.7 Å². The molecule has 0 saturated carbocycles. The zero-order valence-electron chi connectivity index (χ0n) is 9.43. The molecule has 1 saturated heterocycles. The van der Waals surface area contributed by atoms with Gasteiger partial charge in [0.2, 0.25) is 0 Å². The highest BCUT2D eigenvalue weighted by Gasteiger charge is 2.21. The predicted molar refractivity (Wildman–Crippen MR) is 63.3 cm³/mol. The lowest BCUT2D eigenvalue weighted by Gasteiger charge is -2.27. The summed E-state index contributed by atoms with van der Waals surface area (Å²) in [7, 11) is 0. The highest BCUT2D eigenvalue weighted by atomic mass is 16.5. The zero-order chi connectivity index (χ0) is 11.4. The minimum absolute atomic E-state index is 0.157. The molecule has 16 heavy (non-hydrogen) atoms. The first kappa shape index (κ1) is 11.4. The van der Waals surface area contributed by atoms with Crippen LogP contribution in [0.5, 0.6) is 5.75 Å². The first-order chi connectivity index (χ1) is 7.75. The first-order valence-corrected chi connectivity index (χ1v) is 5.87. The average molecular weight is 221 g/mol. The second-order valence-electron chi connectivity index (χ2n) is 4.51. The Morgan fingerprint density at radius 2 is 2.12 bits per heavy atom. The summed E-state index contributed by atoms with van der Waals surface area (Å²) in [5.74, 6) is 0.779. The summed E-state index contributed by atoms with van der Waals surface area (Å²) >= 11 is 0. The summed E-state index contributed by atoms with van der Waals surface area (Å²) in [6.45, 7) is 1.67. The fourth-order valence-electron chi connectivity index (χ4n) is 2.17. The number of hydrogen-bond donors (Lipinski definition) is 2. The van der Waals surface area contributed by atoms with Crippen molar-refractivity contribution in [3.63, 3.8) is 0 Å². The third-order valence-electron chi connectivity index (χ3n) is 3.21. The Morgan fingerprint density at radius 3 is 2.75 bits per heavy atom. The third kappa shape index (κ3) is 2.97. The molecule has 0 spiro atoms. The second-order valence-corrected chi connectivity index (χ2v) is 4.51. The van der Waals surface area contributed by atoms with E-state index in [4.69, 9.17) is 10.5 Å². The number of phenolic OH excluding ortho intramolecular Hbond substituents is 1. The number of aromatic hydroxyl groups is 1. The van der Waals surface area contributed by atoms with E-state index in [2.05, 4.69) is 0 Å². The van der Waals surface area contributed by atoms with Gasteiger partial charge in [-0.1, -0.05) is 12.1 Å². The van der Waals surface area contributed by atoms with Crippen LogP contribution in [0.3, 0.4) is 0 Å². The molecule has 3 N–H and O–H groups in total. The van der Waals surface area contributed by atoms with Gasteiger partial charge in [-0.2, -0.15) is 0 Å². The zero-order valence-corrected chi connectivity index (χ0v) is 9.43. The van der Waals surface area contributed by atoms with Crippen LogP contribution in [-0.4, -0.2) is 24.4 Å². The van der Waals surface area contributed by atoms with Gasteiger partial charge in [0, 0.05) is 12.6 Å². The number of ether oxygens (including phenoxy) is 1. The van der Waals surface area contributed by atoms with Crippen LogP contribution in [0.15, 0.2) is 24.3 Å². The van der Waals surface area contributed by atoms with Crippen molar-refractivity contribution in [2.45, 2.75) is 25.3 Å². The fourth-order valence-corrected chi connectivity index (χ4v) is 2.17. The number of benzene rings is 1. The molecule has 0 bridgehead atoms. The van der Waals surface area contributed by atoms with Gasteiger partial charge in [0.05, 0.1) is 6.61 Å². The Hall–Kier alpha value is -1.06. The van der Waals surface area contributed by atoms with Gasteiger partial charge in [-0.15, -0.1) is 0 Å². The molecule has 0 amide bonds. The van der Waals surface area contributed by atoms with Crippen molar-refractivity contribution in [1.82, 2.24) is 0 Å². The lowest BCUT2D eigenvalue weighted by molar-refractivity contribution is 0.0450. The minimum atomic E-state index is 0.157. The Bertz CT molecular complexity index is 317. The molecule has 1 aliphatic rings. The van der Waals surface area contributed by atoms with Crippen molar-refractivity contribution in [2.75, 3.05) is 13.2 Å². The van der Waals surface area contributed by atoms with Crippen molar-refractivity contribution in [3.05, 3.63) is 29.8 Å². The molecule has 2 rings (SSSR count). The Labute approximate surface area is 96.2 Å². The van der Waals surface area contributed by atoms with Gasteiger partial charge in [-0.25, -0.2) is 0 Å². The first-order valence-electron chi connectivity index (χ1n) is 5.87. The molecule has 3 heteroatoms. The Kier molecular flexibility index (Phi) is 3.80. The van der Waals surface area contributed by atoms with E-state index in [1.54, 1.807) is 12.1 Å².